The van der Waals surface area contributed by atoms with Crippen LogP contribution < -0.4 is 14.4 Å². The number of carbonyl (C=O) groups is 2. The van der Waals surface area contributed by atoms with Crippen LogP contribution in [0.25, 0.3) is 0 Å². The standard InChI is InChI=1S/C28H32BrN3O5S/c1-4-30-28(34)21(3)31(19-22-10-9-11-23(29)18-22)27(33)20-32(24-12-7-6-8-13-24)38(35,36)26-16-14-25(15-17-26)37-5-2/h6-18,21H,4-5,19-20H2,1-3H3,(H,30,34)/t21-/m1/s1. The second-order valence-electron chi connectivity index (χ2n) is 8.47. The van der Waals surface area contributed by atoms with Crippen LogP contribution in [0.3, 0.4) is 0 Å². The molecule has 0 aliphatic heterocycles. The van der Waals surface area contributed by atoms with E-state index in [2.05, 4.69) is 21.2 Å². The third kappa shape index (κ3) is 7.35. The summed E-state index contributed by atoms with van der Waals surface area (Å²) in [7, 11) is -4.13. The molecule has 1 N–H and O–H groups in total. The summed E-state index contributed by atoms with van der Waals surface area (Å²) in [6.45, 7) is 5.77. The molecule has 2 amide bonds. The van der Waals surface area contributed by atoms with E-state index in [9.17, 15) is 18.0 Å². The molecule has 0 bridgehead atoms. The highest BCUT2D eigenvalue weighted by atomic mass is 79.9. The monoisotopic (exact) mass is 601 g/mol. The van der Waals surface area contributed by atoms with Gasteiger partial charge in [-0.3, -0.25) is 13.9 Å². The molecule has 0 aliphatic rings. The van der Waals surface area contributed by atoms with Crippen LogP contribution in [-0.2, 0) is 26.2 Å². The predicted molar refractivity (Wildman–Crippen MR) is 151 cm³/mol. The SMILES string of the molecule is CCNC(=O)[C@@H](C)N(Cc1cccc(Br)c1)C(=O)CN(c1ccccc1)S(=O)(=O)c1ccc(OCC)cc1. The van der Waals surface area contributed by atoms with Crippen molar-refractivity contribution in [3.63, 3.8) is 0 Å². The lowest BCUT2D eigenvalue weighted by molar-refractivity contribution is -0.139. The predicted octanol–water partition coefficient (Wildman–Crippen LogP) is 4.60. The molecular formula is C28H32BrN3O5S. The van der Waals surface area contributed by atoms with Gasteiger partial charge in [0.2, 0.25) is 11.8 Å². The molecule has 0 heterocycles. The van der Waals surface area contributed by atoms with E-state index < -0.39 is 28.5 Å². The van der Waals surface area contributed by atoms with E-state index in [1.807, 2.05) is 31.2 Å². The first-order valence-electron chi connectivity index (χ1n) is 12.3. The van der Waals surface area contributed by atoms with E-state index in [-0.39, 0.29) is 17.3 Å². The summed E-state index contributed by atoms with van der Waals surface area (Å²) in [5, 5.41) is 2.75. The molecule has 0 unspecified atom stereocenters. The Labute approximate surface area is 232 Å². The van der Waals surface area contributed by atoms with E-state index in [0.29, 0.717) is 24.6 Å². The number of carbonyl (C=O) groups excluding carboxylic acids is 2. The van der Waals surface area contributed by atoms with Crippen molar-refractivity contribution in [2.75, 3.05) is 24.0 Å². The molecule has 0 saturated carbocycles. The van der Waals surface area contributed by atoms with Gasteiger partial charge in [-0.05, 0) is 74.9 Å². The van der Waals surface area contributed by atoms with Crippen LogP contribution in [0.2, 0.25) is 0 Å². The maximum absolute atomic E-state index is 13.8. The summed E-state index contributed by atoms with van der Waals surface area (Å²) in [4.78, 5) is 28.0. The Morgan fingerprint density at radius 2 is 1.66 bits per heavy atom. The number of sulfonamides is 1. The molecule has 0 saturated heterocycles. The summed E-state index contributed by atoms with van der Waals surface area (Å²) in [6.07, 6.45) is 0. The number of nitrogens with zero attached hydrogens (tertiary/aromatic N) is 2. The van der Waals surface area contributed by atoms with Gasteiger partial charge in [0, 0.05) is 17.6 Å². The molecule has 8 nitrogen and oxygen atoms in total. The highest BCUT2D eigenvalue weighted by molar-refractivity contribution is 9.10. The number of nitrogens with one attached hydrogen (secondary N) is 1. The second-order valence-corrected chi connectivity index (χ2v) is 11.3. The van der Waals surface area contributed by atoms with Crippen molar-refractivity contribution in [3.05, 3.63) is 88.9 Å². The van der Waals surface area contributed by atoms with Crippen LogP contribution in [0.15, 0.2) is 88.2 Å². The molecular weight excluding hydrogens is 570 g/mol. The lowest BCUT2D eigenvalue weighted by atomic mass is 10.1. The minimum absolute atomic E-state index is 0.0212. The van der Waals surface area contributed by atoms with Crippen molar-refractivity contribution < 1.29 is 22.7 Å². The van der Waals surface area contributed by atoms with Crippen LogP contribution >= 0.6 is 15.9 Å². The first-order valence-corrected chi connectivity index (χ1v) is 14.5. The average molecular weight is 603 g/mol. The zero-order valence-electron chi connectivity index (χ0n) is 21.6. The van der Waals surface area contributed by atoms with Crippen LogP contribution in [-0.4, -0.2) is 50.9 Å². The normalized spacial score (nSPS) is 11.9. The van der Waals surface area contributed by atoms with Gasteiger partial charge in [0.05, 0.1) is 17.2 Å². The van der Waals surface area contributed by atoms with Gasteiger partial charge < -0.3 is 15.0 Å². The molecule has 0 spiro atoms. The van der Waals surface area contributed by atoms with Gasteiger partial charge in [0.1, 0.15) is 18.3 Å². The molecule has 3 rings (SSSR count). The Balaban J connectivity index is 1.99. The number of amides is 2. The van der Waals surface area contributed by atoms with Crippen LogP contribution in [0, 0.1) is 0 Å². The highest BCUT2D eigenvalue weighted by Crippen LogP contribution is 2.26. The third-order valence-corrected chi connectivity index (χ3v) is 8.09. The first-order chi connectivity index (χ1) is 18.2. The fraction of sp³-hybridized carbons (Fsp3) is 0.286. The number of anilines is 1. The molecule has 3 aromatic rings. The fourth-order valence-corrected chi connectivity index (χ4v) is 5.72. The smallest absolute Gasteiger partial charge is 0.264 e. The first kappa shape index (κ1) is 29.2. The maximum Gasteiger partial charge on any atom is 0.264 e. The molecule has 0 aliphatic carbocycles. The summed E-state index contributed by atoms with van der Waals surface area (Å²) in [6, 6.07) is 21.1. The Bertz CT molecular complexity index is 1330. The number of para-hydroxylation sites is 1. The van der Waals surface area contributed by atoms with Gasteiger partial charge >= 0.3 is 0 Å². The second kappa shape index (κ2) is 13.4. The molecule has 0 fully saturated rings. The Morgan fingerprint density at radius 1 is 0.974 bits per heavy atom. The molecule has 3 aromatic carbocycles. The summed E-state index contributed by atoms with van der Waals surface area (Å²) >= 11 is 3.44. The van der Waals surface area contributed by atoms with Crippen LogP contribution in [0.5, 0.6) is 5.75 Å². The van der Waals surface area contributed by atoms with Crippen molar-refractivity contribution in [2.45, 2.75) is 38.3 Å². The van der Waals surface area contributed by atoms with E-state index in [0.717, 1.165) is 14.3 Å². The van der Waals surface area contributed by atoms with Crippen molar-refractivity contribution in [3.8, 4) is 5.75 Å². The van der Waals surface area contributed by atoms with Gasteiger partial charge in [-0.15, -0.1) is 0 Å². The Morgan fingerprint density at radius 3 is 2.26 bits per heavy atom. The fourth-order valence-electron chi connectivity index (χ4n) is 3.86. The van der Waals surface area contributed by atoms with E-state index in [1.54, 1.807) is 56.3 Å². The largest absolute Gasteiger partial charge is 0.494 e. The highest BCUT2D eigenvalue weighted by Gasteiger charge is 2.32. The zero-order valence-corrected chi connectivity index (χ0v) is 24.0. The number of hydrogen-bond acceptors (Lipinski definition) is 5. The summed E-state index contributed by atoms with van der Waals surface area (Å²) in [5.74, 6) is -0.289. The topological polar surface area (TPSA) is 96.0 Å². The Kier molecular flexibility index (Phi) is 10.3. The van der Waals surface area contributed by atoms with E-state index in [1.165, 1.54) is 17.0 Å². The van der Waals surface area contributed by atoms with Gasteiger partial charge in [0.15, 0.2) is 0 Å². The molecule has 0 aromatic heterocycles. The number of hydrogen-bond donors (Lipinski definition) is 1. The lowest BCUT2D eigenvalue weighted by Crippen LogP contribution is -2.51. The number of benzene rings is 3. The van der Waals surface area contributed by atoms with Gasteiger partial charge in [-0.2, -0.15) is 0 Å². The Hall–Kier alpha value is -3.37. The lowest BCUT2D eigenvalue weighted by Gasteiger charge is -2.32. The molecule has 10 heteroatoms. The number of rotatable bonds is 12. The van der Waals surface area contributed by atoms with Crippen molar-refractivity contribution in [1.82, 2.24) is 10.2 Å². The molecule has 1 atom stereocenters. The summed E-state index contributed by atoms with van der Waals surface area (Å²) in [5.41, 5.74) is 1.13. The zero-order chi connectivity index (χ0) is 27.7. The third-order valence-electron chi connectivity index (χ3n) is 5.81. The van der Waals surface area contributed by atoms with E-state index in [4.69, 9.17) is 4.74 Å². The summed E-state index contributed by atoms with van der Waals surface area (Å²) < 4.78 is 34.9. The molecule has 202 valence electrons. The van der Waals surface area contributed by atoms with Gasteiger partial charge in [0.25, 0.3) is 10.0 Å². The van der Waals surface area contributed by atoms with Crippen LogP contribution in [0.1, 0.15) is 26.3 Å². The van der Waals surface area contributed by atoms with Crippen molar-refractivity contribution in [2.24, 2.45) is 0 Å². The van der Waals surface area contributed by atoms with Gasteiger partial charge in [-0.25, -0.2) is 8.42 Å². The van der Waals surface area contributed by atoms with Crippen molar-refractivity contribution >= 4 is 43.5 Å². The van der Waals surface area contributed by atoms with Crippen molar-refractivity contribution in [1.29, 1.82) is 0 Å². The van der Waals surface area contributed by atoms with E-state index >= 15 is 0 Å². The minimum atomic E-state index is -4.13. The number of ether oxygens (including phenoxy) is 1. The van der Waals surface area contributed by atoms with Gasteiger partial charge in [-0.1, -0.05) is 46.3 Å². The maximum atomic E-state index is 13.8. The number of likely N-dealkylation sites (N-methyl/N-ethyl adjacent to an activating group) is 1. The molecule has 38 heavy (non-hydrogen) atoms. The minimum Gasteiger partial charge on any atom is -0.494 e. The number of halogens is 1. The van der Waals surface area contributed by atoms with Crippen LogP contribution in [0.4, 0.5) is 5.69 Å². The molecule has 0 radical (unpaired) electrons. The average Bonchev–Trinajstić information content (AvgIpc) is 2.91. The quantitative estimate of drug-likeness (QED) is 0.327.